The van der Waals surface area contributed by atoms with Crippen molar-refractivity contribution in [1.82, 2.24) is 9.78 Å². The topological polar surface area (TPSA) is 53.4 Å². The van der Waals surface area contributed by atoms with Crippen LogP contribution in [0.4, 0.5) is 0 Å². The predicted molar refractivity (Wildman–Crippen MR) is 120 cm³/mol. The molecule has 6 heteroatoms. The predicted octanol–water partition coefficient (Wildman–Crippen LogP) is 5.40. The molecule has 2 aliphatic carbocycles. The van der Waals surface area contributed by atoms with E-state index >= 15 is 0 Å². The zero-order valence-corrected chi connectivity index (χ0v) is 18.3. The van der Waals surface area contributed by atoms with Crippen LogP contribution >= 0.6 is 11.6 Å². The molecule has 2 aliphatic rings. The van der Waals surface area contributed by atoms with Gasteiger partial charge in [0.05, 0.1) is 24.4 Å². The summed E-state index contributed by atoms with van der Waals surface area (Å²) < 4.78 is 13.4. The van der Waals surface area contributed by atoms with E-state index in [9.17, 15) is 4.79 Å². The second kappa shape index (κ2) is 8.39. The summed E-state index contributed by atoms with van der Waals surface area (Å²) in [5.41, 5.74) is 4.99. The number of fused-ring (bicyclic) bond motifs is 1. The maximum Gasteiger partial charge on any atom is 0.309 e. The molecule has 0 radical (unpaired) electrons. The molecule has 2 aromatic carbocycles. The van der Waals surface area contributed by atoms with E-state index in [1.54, 1.807) is 7.11 Å². The summed E-state index contributed by atoms with van der Waals surface area (Å²) in [6, 6.07) is 15.6. The van der Waals surface area contributed by atoms with Gasteiger partial charge in [-0.05, 0) is 37.1 Å². The number of hydrogen-bond donors (Lipinski definition) is 0. The van der Waals surface area contributed by atoms with E-state index in [0.717, 1.165) is 59.6 Å². The molecule has 0 N–H and O–H groups in total. The Hall–Kier alpha value is -2.79. The Balaban J connectivity index is 1.51. The molecule has 0 aliphatic heterocycles. The van der Waals surface area contributed by atoms with Crippen LogP contribution in [0.5, 0.6) is 5.75 Å². The molecule has 0 bridgehead atoms. The average Bonchev–Trinajstić information content (AvgIpc) is 3.51. The van der Waals surface area contributed by atoms with E-state index in [1.165, 1.54) is 0 Å². The van der Waals surface area contributed by atoms with E-state index in [1.807, 2.05) is 53.2 Å². The number of benzene rings is 2. The smallest absolute Gasteiger partial charge is 0.309 e. The highest BCUT2D eigenvalue weighted by atomic mass is 35.5. The van der Waals surface area contributed by atoms with Gasteiger partial charge in [0.15, 0.2) is 0 Å². The SMILES string of the molecule is COc1ccccc1-n1nc2c(c1-c1ccc(Cl)cc1)C[C@H](OC(=O)C1CCCC1)C2. The molecule has 0 unspecified atom stereocenters. The Labute approximate surface area is 186 Å². The Morgan fingerprint density at radius 1 is 1.06 bits per heavy atom. The number of aromatic nitrogens is 2. The lowest BCUT2D eigenvalue weighted by Gasteiger charge is -2.17. The molecule has 1 fully saturated rings. The van der Waals surface area contributed by atoms with Crippen LogP contribution in [0.25, 0.3) is 16.9 Å². The van der Waals surface area contributed by atoms with Gasteiger partial charge in [-0.1, -0.05) is 48.7 Å². The maximum atomic E-state index is 12.6. The van der Waals surface area contributed by atoms with Gasteiger partial charge in [0.1, 0.15) is 17.5 Å². The number of ether oxygens (including phenoxy) is 2. The Morgan fingerprint density at radius 3 is 2.55 bits per heavy atom. The van der Waals surface area contributed by atoms with Gasteiger partial charge in [-0.3, -0.25) is 4.79 Å². The number of nitrogens with zero attached hydrogens (tertiary/aromatic N) is 2. The highest BCUT2D eigenvalue weighted by molar-refractivity contribution is 6.30. The van der Waals surface area contributed by atoms with E-state index in [-0.39, 0.29) is 18.0 Å². The lowest BCUT2D eigenvalue weighted by atomic mass is 10.1. The van der Waals surface area contributed by atoms with Crippen molar-refractivity contribution < 1.29 is 14.3 Å². The third-order valence-corrected chi connectivity index (χ3v) is 6.57. The highest BCUT2D eigenvalue weighted by Crippen LogP contribution is 2.38. The number of carbonyl (C=O) groups is 1. The standard InChI is InChI=1S/C25H25ClN2O3/c1-30-23-9-5-4-8-22(23)28-24(16-10-12-18(26)13-11-16)20-14-19(15-21(20)27-28)31-25(29)17-6-2-3-7-17/h4-5,8-13,17,19H,2-3,6-7,14-15H2,1H3/t19-/m0/s1. The van der Waals surface area contributed by atoms with Crippen molar-refractivity contribution >= 4 is 17.6 Å². The fourth-order valence-electron chi connectivity index (χ4n) is 4.78. The number of methoxy groups -OCH3 is 1. The summed E-state index contributed by atoms with van der Waals surface area (Å²) in [5, 5.41) is 5.62. The van der Waals surface area contributed by atoms with Crippen molar-refractivity contribution in [3.63, 3.8) is 0 Å². The van der Waals surface area contributed by atoms with Crippen molar-refractivity contribution in [3.05, 3.63) is 64.8 Å². The van der Waals surface area contributed by atoms with Crippen LogP contribution in [0.15, 0.2) is 48.5 Å². The van der Waals surface area contributed by atoms with Crippen LogP contribution in [0.3, 0.4) is 0 Å². The molecule has 31 heavy (non-hydrogen) atoms. The van der Waals surface area contributed by atoms with Crippen molar-refractivity contribution in [1.29, 1.82) is 0 Å². The highest BCUT2D eigenvalue weighted by Gasteiger charge is 2.34. The van der Waals surface area contributed by atoms with E-state index in [4.69, 9.17) is 26.2 Å². The molecule has 1 aromatic heterocycles. The summed E-state index contributed by atoms with van der Waals surface area (Å²) in [6.07, 6.45) is 5.30. The molecule has 1 heterocycles. The van der Waals surface area contributed by atoms with Crippen LogP contribution in [-0.2, 0) is 22.4 Å². The van der Waals surface area contributed by atoms with Crippen LogP contribution < -0.4 is 4.74 Å². The first kappa shape index (κ1) is 20.1. The van der Waals surface area contributed by atoms with Crippen molar-refractivity contribution in [3.8, 4) is 22.7 Å². The van der Waals surface area contributed by atoms with E-state index < -0.39 is 0 Å². The lowest BCUT2D eigenvalue weighted by Crippen LogP contribution is -2.24. The zero-order chi connectivity index (χ0) is 21.4. The number of halogens is 1. The summed E-state index contributed by atoms with van der Waals surface area (Å²) in [4.78, 5) is 12.6. The van der Waals surface area contributed by atoms with Gasteiger partial charge in [-0.15, -0.1) is 0 Å². The summed E-state index contributed by atoms with van der Waals surface area (Å²) in [5.74, 6) is 0.776. The minimum Gasteiger partial charge on any atom is -0.494 e. The molecule has 3 aromatic rings. The third-order valence-electron chi connectivity index (χ3n) is 6.32. The Bertz CT molecular complexity index is 1100. The minimum absolute atomic E-state index is 0.0432. The molecule has 5 rings (SSSR count). The van der Waals surface area contributed by atoms with Gasteiger partial charge in [0, 0.05) is 29.0 Å². The summed E-state index contributed by atoms with van der Waals surface area (Å²) in [6.45, 7) is 0. The number of para-hydroxylation sites is 2. The van der Waals surface area contributed by atoms with Gasteiger partial charge in [-0.25, -0.2) is 4.68 Å². The quantitative estimate of drug-likeness (QED) is 0.502. The fraction of sp³-hybridized carbons (Fsp3) is 0.360. The monoisotopic (exact) mass is 436 g/mol. The molecule has 1 saturated carbocycles. The number of carbonyl (C=O) groups excluding carboxylic acids is 1. The Morgan fingerprint density at radius 2 is 1.81 bits per heavy atom. The molecular formula is C25H25ClN2O3. The van der Waals surface area contributed by atoms with Crippen LogP contribution in [0.1, 0.15) is 36.9 Å². The van der Waals surface area contributed by atoms with Crippen LogP contribution in [-0.4, -0.2) is 29.0 Å². The molecule has 0 amide bonds. The van der Waals surface area contributed by atoms with Crippen molar-refractivity contribution in [2.45, 2.75) is 44.6 Å². The third kappa shape index (κ3) is 3.83. The van der Waals surface area contributed by atoms with Gasteiger partial charge >= 0.3 is 5.97 Å². The molecule has 5 nitrogen and oxygen atoms in total. The van der Waals surface area contributed by atoms with Gasteiger partial charge in [0.25, 0.3) is 0 Å². The molecule has 0 saturated heterocycles. The van der Waals surface area contributed by atoms with Crippen LogP contribution in [0, 0.1) is 5.92 Å². The number of hydrogen-bond acceptors (Lipinski definition) is 4. The second-order valence-corrected chi connectivity index (χ2v) is 8.75. The Kier molecular flexibility index (Phi) is 5.45. The zero-order valence-electron chi connectivity index (χ0n) is 17.5. The minimum atomic E-state index is -0.149. The largest absolute Gasteiger partial charge is 0.494 e. The first-order valence-electron chi connectivity index (χ1n) is 10.8. The fourth-order valence-corrected chi connectivity index (χ4v) is 4.90. The molecule has 0 spiro atoms. The lowest BCUT2D eigenvalue weighted by molar-refractivity contribution is -0.153. The number of esters is 1. The molecular weight excluding hydrogens is 412 g/mol. The second-order valence-electron chi connectivity index (χ2n) is 8.31. The number of rotatable bonds is 5. The van der Waals surface area contributed by atoms with Gasteiger partial charge in [-0.2, -0.15) is 5.10 Å². The summed E-state index contributed by atoms with van der Waals surface area (Å²) in [7, 11) is 1.66. The maximum absolute atomic E-state index is 12.6. The van der Waals surface area contributed by atoms with Gasteiger partial charge in [0.2, 0.25) is 0 Å². The van der Waals surface area contributed by atoms with Crippen molar-refractivity contribution in [2.24, 2.45) is 5.92 Å². The summed E-state index contributed by atoms with van der Waals surface area (Å²) >= 11 is 6.14. The van der Waals surface area contributed by atoms with Crippen molar-refractivity contribution in [2.75, 3.05) is 7.11 Å². The van der Waals surface area contributed by atoms with E-state index in [2.05, 4.69) is 0 Å². The molecule has 160 valence electrons. The van der Waals surface area contributed by atoms with Gasteiger partial charge < -0.3 is 9.47 Å². The first-order chi connectivity index (χ1) is 15.1. The van der Waals surface area contributed by atoms with E-state index in [0.29, 0.717) is 17.9 Å². The normalized spacial score (nSPS) is 18.2. The average molecular weight is 437 g/mol. The first-order valence-corrected chi connectivity index (χ1v) is 11.2. The van der Waals surface area contributed by atoms with Crippen LogP contribution in [0.2, 0.25) is 5.02 Å². The molecule has 1 atom stereocenters.